The van der Waals surface area contributed by atoms with Crippen molar-refractivity contribution in [1.29, 1.82) is 0 Å². The molecule has 0 amide bonds. The van der Waals surface area contributed by atoms with Gasteiger partial charge in [-0.15, -0.1) is 0 Å². The largest absolute Gasteiger partial charge is 0.493 e. The summed E-state index contributed by atoms with van der Waals surface area (Å²) in [6, 6.07) is 5.64. The summed E-state index contributed by atoms with van der Waals surface area (Å²) in [6.45, 7) is 2.40. The average Bonchev–Trinajstić information content (AvgIpc) is 2.27. The molecule has 0 aromatic heterocycles. The predicted octanol–water partition coefficient (Wildman–Crippen LogP) is 1.10. The molecule has 0 bridgehead atoms. The summed E-state index contributed by atoms with van der Waals surface area (Å²) >= 11 is 0. The standard InChI is InChI=1S/C12H15NO3/c1-8-3-4-9-10(7-8)16-6-5-12(9,13)11(14)15-2/h3-4,7H,5-6,13H2,1-2H3. The van der Waals surface area contributed by atoms with Crippen molar-refractivity contribution in [1.82, 2.24) is 0 Å². The van der Waals surface area contributed by atoms with Gasteiger partial charge in [0.05, 0.1) is 13.7 Å². The van der Waals surface area contributed by atoms with Crippen molar-refractivity contribution in [3.8, 4) is 5.75 Å². The van der Waals surface area contributed by atoms with E-state index < -0.39 is 11.5 Å². The summed E-state index contributed by atoms with van der Waals surface area (Å²) in [5.41, 5.74) is 6.83. The lowest BCUT2D eigenvalue weighted by Crippen LogP contribution is -2.49. The lowest BCUT2D eigenvalue weighted by Gasteiger charge is -2.33. The van der Waals surface area contributed by atoms with Crippen LogP contribution in [0.15, 0.2) is 18.2 Å². The van der Waals surface area contributed by atoms with Crippen LogP contribution >= 0.6 is 0 Å². The number of methoxy groups -OCH3 is 1. The Morgan fingerprint density at radius 1 is 1.56 bits per heavy atom. The van der Waals surface area contributed by atoms with E-state index in [1.54, 1.807) is 0 Å². The Morgan fingerprint density at radius 3 is 3.00 bits per heavy atom. The summed E-state index contributed by atoms with van der Waals surface area (Å²) in [4.78, 5) is 11.7. The van der Waals surface area contributed by atoms with Gasteiger partial charge in [-0.05, 0) is 18.6 Å². The van der Waals surface area contributed by atoms with E-state index in [-0.39, 0.29) is 0 Å². The number of aryl methyl sites for hydroxylation is 1. The number of hydrogen-bond donors (Lipinski definition) is 1. The van der Waals surface area contributed by atoms with E-state index in [0.29, 0.717) is 24.3 Å². The Morgan fingerprint density at radius 2 is 2.31 bits per heavy atom. The highest BCUT2D eigenvalue weighted by Gasteiger charge is 2.42. The first-order valence-corrected chi connectivity index (χ1v) is 5.19. The van der Waals surface area contributed by atoms with Gasteiger partial charge in [-0.2, -0.15) is 0 Å². The molecule has 1 heterocycles. The SMILES string of the molecule is COC(=O)C1(N)CCOc2cc(C)ccc21. The molecule has 1 unspecified atom stereocenters. The first-order valence-electron chi connectivity index (χ1n) is 5.19. The third-order valence-corrected chi connectivity index (χ3v) is 2.92. The molecular weight excluding hydrogens is 206 g/mol. The van der Waals surface area contributed by atoms with Crippen LogP contribution in [-0.4, -0.2) is 19.7 Å². The molecule has 0 saturated carbocycles. The van der Waals surface area contributed by atoms with E-state index in [4.69, 9.17) is 15.2 Å². The summed E-state index contributed by atoms with van der Waals surface area (Å²) in [7, 11) is 1.35. The maximum Gasteiger partial charge on any atom is 0.330 e. The highest BCUT2D eigenvalue weighted by molar-refractivity contribution is 5.83. The number of benzene rings is 1. The van der Waals surface area contributed by atoms with E-state index in [1.165, 1.54) is 7.11 Å². The molecule has 4 heteroatoms. The number of esters is 1. The average molecular weight is 221 g/mol. The van der Waals surface area contributed by atoms with Crippen LogP contribution in [0.25, 0.3) is 0 Å². The van der Waals surface area contributed by atoms with E-state index in [2.05, 4.69) is 0 Å². The Hall–Kier alpha value is -1.55. The molecule has 1 aliphatic heterocycles. The van der Waals surface area contributed by atoms with Crippen LogP contribution in [0, 0.1) is 6.92 Å². The quantitative estimate of drug-likeness (QED) is 0.721. The van der Waals surface area contributed by atoms with Crippen molar-refractivity contribution in [2.75, 3.05) is 13.7 Å². The van der Waals surface area contributed by atoms with Crippen molar-refractivity contribution in [2.45, 2.75) is 18.9 Å². The molecule has 1 aromatic rings. The molecule has 0 aliphatic carbocycles. The van der Waals surface area contributed by atoms with Gasteiger partial charge in [0.1, 0.15) is 11.3 Å². The second-order valence-corrected chi connectivity index (χ2v) is 4.06. The lowest BCUT2D eigenvalue weighted by molar-refractivity contribution is -0.148. The van der Waals surface area contributed by atoms with Gasteiger partial charge in [0.25, 0.3) is 0 Å². The van der Waals surface area contributed by atoms with Crippen LogP contribution in [0.5, 0.6) is 5.75 Å². The smallest absolute Gasteiger partial charge is 0.330 e. The molecule has 1 aromatic carbocycles. The number of rotatable bonds is 1. The Balaban J connectivity index is 2.51. The molecule has 0 spiro atoms. The van der Waals surface area contributed by atoms with Gasteiger partial charge < -0.3 is 15.2 Å². The molecule has 86 valence electrons. The molecule has 4 nitrogen and oxygen atoms in total. The van der Waals surface area contributed by atoms with Gasteiger partial charge in [0.15, 0.2) is 0 Å². The number of carbonyl (C=O) groups excluding carboxylic acids is 1. The molecule has 0 fully saturated rings. The fraction of sp³-hybridized carbons (Fsp3) is 0.417. The minimum atomic E-state index is -1.07. The molecule has 16 heavy (non-hydrogen) atoms. The maximum atomic E-state index is 11.7. The first kappa shape index (κ1) is 11.0. The van der Waals surface area contributed by atoms with Gasteiger partial charge in [0, 0.05) is 12.0 Å². The third-order valence-electron chi connectivity index (χ3n) is 2.92. The van der Waals surface area contributed by atoms with E-state index in [1.807, 2.05) is 25.1 Å². The number of carbonyl (C=O) groups is 1. The topological polar surface area (TPSA) is 61.5 Å². The monoisotopic (exact) mass is 221 g/mol. The van der Waals surface area contributed by atoms with Gasteiger partial charge in [-0.3, -0.25) is 0 Å². The van der Waals surface area contributed by atoms with Crippen LogP contribution in [0.1, 0.15) is 17.5 Å². The molecule has 2 N–H and O–H groups in total. The zero-order valence-electron chi connectivity index (χ0n) is 9.45. The predicted molar refractivity (Wildman–Crippen MR) is 59.2 cm³/mol. The Labute approximate surface area is 94.3 Å². The molecule has 2 rings (SSSR count). The molecule has 0 saturated heterocycles. The number of hydrogen-bond acceptors (Lipinski definition) is 4. The molecule has 1 atom stereocenters. The van der Waals surface area contributed by atoms with Crippen molar-refractivity contribution in [3.63, 3.8) is 0 Å². The number of fused-ring (bicyclic) bond motifs is 1. The van der Waals surface area contributed by atoms with Crippen LogP contribution in [0.4, 0.5) is 0 Å². The summed E-state index contributed by atoms with van der Waals surface area (Å²) in [6.07, 6.45) is 0.440. The van der Waals surface area contributed by atoms with Gasteiger partial charge in [-0.25, -0.2) is 4.79 Å². The minimum Gasteiger partial charge on any atom is -0.493 e. The highest BCUT2D eigenvalue weighted by atomic mass is 16.5. The van der Waals surface area contributed by atoms with Crippen molar-refractivity contribution in [3.05, 3.63) is 29.3 Å². The van der Waals surface area contributed by atoms with Crippen molar-refractivity contribution in [2.24, 2.45) is 5.73 Å². The van der Waals surface area contributed by atoms with Gasteiger partial charge in [0.2, 0.25) is 0 Å². The Kier molecular flexibility index (Phi) is 2.59. The van der Waals surface area contributed by atoms with E-state index in [0.717, 1.165) is 5.56 Å². The van der Waals surface area contributed by atoms with Crippen molar-refractivity contribution >= 4 is 5.97 Å². The second-order valence-electron chi connectivity index (χ2n) is 4.06. The number of nitrogens with two attached hydrogens (primary N) is 1. The van der Waals surface area contributed by atoms with Crippen LogP contribution in [0.3, 0.4) is 0 Å². The number of ether oxygens (including phenoxy) is 2. The lowest BCUT2D eigenvalue weighted by atomic mass is 9.85. The van der Waals surface area contributed by atoms with Gasteiger partial charge >= 0.3 is 5.97 Å². The molecule has 1 aliphatic rings. The molecule has 0 radical (unpaired) electrons. The second kappa shape index (κ2) is 3.79. The Bertz CT molecular complexity index is 430. The zero-order valence-corrected chi connectivity index (χ0v) is 9.45. The summed E-state index contributed by atoms with van der Waals surface area (Å²) < 4.78 is 10.3. The zero-order chi connectivity index (χ0) is 11.8. The maximum absolute atomic E-state index is 11.7. The normalized spacial score (nSPS) is 23.2. The third kappa shape index (κ3) is 1.55. The minimum absolute atomic E-state index is 0.416. The fourth-order valence-corrected chi connectivity index (χ4v) is 1.97. The fourth-order valence-electron chi connectivity index (χ4n) is 1.97. The first-order chi connectivity index (χ1) is 7.58. The highest BCUT2D eigenvalue weighted by Crippen LogP contribution is 2.36. The molecular formula is C12H15NO3. The van der Waals surface area contributed by atoms with Crippen molar-refractivity contribution < 1.29 is 14.3 Å². The van der Waals surface area contributed by atoms with Gasteiger partial charge in [-0.1, -0.05) is 12.1 Å². The van der Waals surface area contributed by atoms with Crippen LogP contribution in [-0.2, 0) is 15.1 Å². The summed E-state index contributed by atoms with van der Waals surface area (Å²) in [5.74, 6) is 0.264. The van der Waals surface area contributed by atoms with Crippen LogP contribution < -0.4 is 10.5 Å². The summed E-state index contributed by atoms with van der Waals surface area (Å²) in [5, 5.41) is 0. The van der Waals surface area contributed by atoms with E-state index in [9.17, 15) is 4.79 Å². The van der Waals surface area contributed by atoms with E-state index >= 15 is 0 Å². The van der Waals surface area contributed by atoms with Crippen LogP contribution in [0.2, 0.25) is 0 Å².